The zero-order chi connectivity index (χ0) is 13.2. The minimum absolute atomic E-state index is 0.198. The van der Waals surface area contributed by atoms with Crippen molar-refractivity contribution < 1.29 is 13.9 Å². The number of thioether (sulfide) groups is 1. The summed E-state index contributed by atoms with van der Waals surface area (Å²) >= 11 is 7.13. The first-order chi connectivity index (χ1) is 9.22. The van der Waals surface area contributed by atoms with Gasteiger partial charge >= 0.3 is 5.97 Å². The molecule has 0 N–H and O–H groups in total. The van der Waals surface area contributed by atoms with E-state index in [4.69, 9.17) is 20.8 Å². The van der Waals surface area contributed by atoms with Crippen LogP contribution in [0.25, 0.3) is 11.3 Å². The summed E-state index contributed by atoms with van der Waals surface area (Å²) in [4.78, 5) is 15.5. The molecule has 1 aromatic heterocycles. The van der Waals surface area contributed by atoms with E-state index >= 15 is 0 Å². The zero-order valence-corrected chi connectivity index (χ0v) is 11.4. The van der Waals surface area contributed by atoms with E-state index in [0.29, 0.717) is 29.0 Å². The van der Waals surface area contributed by atoms with Crippen molar-refractivity contribution in [3.8, 4) is 11.3 Å². The first-order valence-corrected chi connectivity index (χ1v) is 7.03. The molecule has 1 aliphatic heterocycles. The average Bonchev–Trinajstić information content (AvgIpc) is 3.01. The second kappa shape index (κ2) is 5.27. The zero-order valence-electron chi connectivity index (χ0n) is 9.84. The van der Waals surface area contributed by atoms with E-state index < -0.39 is 0 Å². The van der Waals surface area contributed by atoms with E-state index in [1.807, 2.05) is 12.1 Å². The molecule has 1 atom stereocenters. The molecular formula is C13H10ClNO3S. The van der Waals surface area contributed by atoms with Gasteiger partial charge in [0.25, 0.3) is 5.22 Å². The topological polar surface area (TPSA) is 52.3 Å². The third-order valence-corrected chi connectivity index (χ3v) is 4.10. The lowest BCUT2D eigenvalue weighted by Crippen LogP contribution is -2.09. The number of hydrogen-bond acceptors (Lipinski definition) is 5. The number of cyclic esters (lactones) is 1. The number of rotatable bonds is 3. The Morgan fingerprint density at radius 1 is 1.32 bits per heavy atom. The lowest BCUT2D eigenvalue weighted by Gasteiger charge is -2.00. The largest absolute Gasteiger partial charge is 0.465 e. The van der Waals surface area contributed by atoms with Gasteiger partial charge in [-0.05, 0) is 24.3 Å². The highest BCUT2D eigenvalue weighted by molar-refractivity contribution is 8.00. The molecule has 0 unspecified atom stereocenters. The summed E-state index contributed by atoms with van der Waals surface area (Å²) < 4.78 is 10.5. The molecule has 19 heavy (non-hydrogen) atoms. The SMILES string of the molecule is O=C1OCC[C@@H]1Sc1ncc(-c2ccc(Cl)cc2)o1. The summed E-state index contributed by atoms with van der Waals surface area (Å²) in [5.74, 6) is 0.460. The van der Waals surface area contributed by atoms with Gasteiger partial charge in [-0.3, -0.25) is 4.79 Å². The second-order valence-electron chi connectivity index (χ2n) is 4.06. The molecule has 1 aromatic carbocycles. The van der Waals surface area contributed by atoms with E-state index in [1.54, 1.807) is 18.3 Å². The number of nitrogens with zero attached hydrogens (tertiary/aromatic N) is 1. The van der Waals surface area contributed by atoms with Crippen molar-refractivity contribution in [2.45, 2.75) is 16.9 Å². The van der Waals surface area contributed by atoms with E-state index in [1.165, 1.54) is 11.8 Å². The number of ether oxygens (including phenoxy) is 1. The van der Waals surface area contributed by atoms with Gasteiger partial charge in [-0.25, -0.2) is 4.98 Å². The van der Waals surface area contributed by atoms with Crippen molar-refractivity contribution in [1.82, 2.24) is 4.98 Å². The lowest BCUT2D eigenvalue weighted by atomic mass is 10.2. The van der Waals surface area contributed by atoms with E-state index in [9.17, 15) is 4.79 Å². The molecule has 1 aliphatic rings. The van der Waals surface area contributed by atoms with Crippen LogP contribution in [0.2, 0.25) is 5.02 Å². The lowest BCUT2D eigenvalue weighted by molar-refractivity contribution is -0.137. The molecule has 1 fully saturated rings. The second-order valence-corrected chi connectivity index (χ2v) is 5.65. The van der Waals surface area contributed by atoms with Gasteiger partial charge in [0, 0.05) is 17.0 Å². The average molecular weight is 296 g/mol. The quantitative estimate of drug-likeness (QED) is 0.812. The van der Waals surface area contributed by atoms with Crippen LogP contribution in [0.4, 0.5) is 0 Å². The summed E-state index contributed by atoms with van der Waals surface area (Å²) in [6.07, 6.45) is 2.34. The maximum absolute atomic E-state index is 11.4. The molecule has 98 valence electrons. The summed E-state index contributed by atoms with van der Waals surface area (Å²) in [5.41, 5.74) is 0.901. The number of esters is 1. The number of carbonyl (C=O) groups excluding carboxylic acids is 1. The Morgan fingerprint density at radius 3 is 2.79 bits per heavy atom. The Labute approximate surface area is 119 Å². The summed E-state index contributed by atoms with van der Waals surface area (Å²) in [7, 11) is 0. The standard InChI is InChI=1S/C13H10ClNO3S/c14-9-3-1-8(2-4-9)10-7-15-13(18-10)19-11-5-6-17-12(11)16/h1-4,7,11H,5-6H2/t11-/m0/s1. The van der Waals surface area contributed by atoms with Crippen LogP contribution in [-0.2, 0) is 9.53 Å². The molecule has 0 aliphatic carbocycles. The molecule has 0 bridgehead atoms. The fourth-order valence-corrected chi connectivity index (χ4v) is 2.77. The number of benzene rings is 1. The summed E-state index contributed by atoms with van der Waals surface area (Å²) in [5, 5.41) is 0.942. The molecule has 0 radical (unpaired) electrons. The Morgan fingerprint density at radius 2 is 2.11 bits per heavy atom. The Bertz CT molecular complexity index is 596. The minimum Gasteiger partial charge on any atom is -0.465 e. The highest BCUT2D eigenvalue weighted by Crippen LogP contribution is 2.31. The summed E-state index contributed by atoms with van der Waals surface area (Å²) in [6.45, 7) is 0.473. The maximum atomic E-state index is 11.4. The van der Waals surface area contributed by atoms with Gasteiger partial charge in [0.1, 0.15) is 5.25 Å². The van der Waals surface area contributed by atoms with E-state index in [0.717, 1.165) is 5.56 Å². The van der Waals surface area contributed by atoms with Gasteiger partial charge in [-0.15, -0.1) is 0 Å². The maximum Gasteiger partial charge on any atom is 0.319 e. The molecule has 2 aromatic rings. The van der Waals surface area contributed by atoms with Crippen LogP contribution >= 0.6 is 23.4 Å². The molecule has 3 rings (SSSR count). The van der Waals surface area contributed by atoms with Crippen molar-refractivity contribution >= 4 is 29.3 Å². The number of carbonyl (C=O) groups is 1. The predicted octanol–water partition coefficient (Wildman–Crippen LogP) is 3.40. The third kappa shape index (κ3) is 2.77. The van der Waals surface area contributed by atoms with E-state index in [2.05, 4.69) is 4.98 Å². The van der Waals surface area contributed by atoms with Crippen LogP contribution in [0.5, 0.6) is 0 Å². The normalized spacial score (nSPS) is 18.6. The van der Waals surface area contributed by atoms with Crippen molar-refractivity contribution in [2.24, 2.45) is 0 Å². The van der Waals surface area contributed by atoms with Crippen molar-refractivity contribution in [2.75, 3.05) is 6.61 Å². The van der Waals surface area contributed by atoms with Crippen LogP contribution in [0.3, 0.4) is 0 Å². The number of aromatic nitrogens is 1. The number of oxazole rings is 1. The highest BCUT2D eigenvalue weighted by Gasteiger charge is 2.29. The van der Waals surface area contributed by atoms with Gasteiger partial charge < -0.3 is 9.15 Å². The Balaban J connectivity index is 1.75. The molecule has 0 saturated carbocycles. The monoisotopic (exact) mass is 295 g/mol. The van der Waals surface area contributed by atoms with Gasteiger partial charge in [0.05, 0.1) is 12.8 Å². The molecular weight excluding hydrogens is 286 g/mol. The Kier molecular flexibility index (Phi) is 3.48. The van der Waals surface area contributed by atoms with Crippen molar-refractivity contribution in [3.63, 3.8) is 0 Å². The third-order valence-electron chi connectivity index (χ3n) is 2.74. The van der Waals surface area contributed by atoms with Crippen LogP contribution in [-0.4, -0.2) is 22.8 Å². The fraction of sp³-hybridized carbons (Fsp3) is 0.231. The molecule has 1 saturated heterocycles. The van der Waals surface area contributed by atoms with Crippen molar-refractivity contribution in [3.05, 3.63) is 35.5 Å². The van der Waals surface area contributed by atoms with Crippen LogP contribution < -0.4 is 0 Å². The molecule has 6 heteroatoms. The van der Waals surface area contributed by atoms with Gasteiger partial charge in [0.15, 0.2) is 5.76 Å². The van der Waals surface area contributed by atoms with Gasteiger partial charge in [-0.1, -0.05) is 23.4 Å². The predicted molar refractivity (Wildman–Crippen MR) is 72.2 cm³/mol. The first-order valence-electron chi connectivity index (χ1n) is 5.77. The first kappa shape index (κ1) is 12.6. The minimum atomic E-state index is -0.211. The Hall–Kier alpha value is -1.46. The fourth-order valence-electron chi connectivity index (χ4n) is 1.77. The van der Waals surface area contributed by atoms with Crippen LogP contribution in [0.1, 0.15) is 6.42 Å². The van der Waals surface area contributed by atoms with E-state index in [-0.39, 0.29) is 11.2 Å². The molecule has 0 amide bonds. The number of halogens is 1. The van der Waals surface area contributed by atoms with Crippen LogP contribution in [0, 0.1) is 0 Å². The molecule has 0 spiro atoms. The molecule has 2 heterocycles. The molecule has 4 nitrogen and oxygen atoms in total. The smallest absolute Gasteiger partial charge is 0.319 e. The summed E-state index contributed by atoms with van der Waals surface area (Å²) in [6, 6.07) is 7.31. The highest BCUT2D eigenvalue weighted by atomic mass is 35.5. The van der Waals surface area contributed by atoms with Gasteiger partial charge in [-0.2, -0.15) is 0 Å². The van der Waals surface area contributed by atoms with Crippen molar-refractivity contribution in [1.29, 1.82) is 0 Å². The van der Waals surface area contributed by atoms with Gasteiger partial charge in [0.2, 0.25) is 0 Å². The van der Waals surface area contributed by atoms with Crippen LogP contribution in [0.15, 0.2) is 40.1 Å². The number of hydrogen-bond donors (Lipinski definition) is 0.